The lowest BCUT2D eigenvalue weighted by Gasteiger charge is -2.13. The van der Waals surface area contributed by atoms with Gasteiger partial charge < -0.3 is 4.74 Å². The van der Waals surface area contributed by atoms with Crippen molar-refractivity contribution in [1.82, 2.24) is 19.7 Å². The second-order valence-electron chi connectivity index (χ2n) is 6.51. The number of hydrogen-bond acceptors (Lipinski definition) is 6. The molecular weight excluding hydrogens is 459 g/mol. The Labute approximate surface area is 182 Å². The van der Waals surface area contributed by atoms with Gasteiger partial charge in [0, 0.05) is 12.5 Å². The van der Waals surface area contributed by atoms with Gasteiger partial charge in [0.15, 0.2) is 6.61 Å². The molecule has 0 unspecified atom stereocenters. The third-order valence-electron chi connectivity index (χ3n) is 3.98. The molecule has 0 aliphatic heterocycles. The molecule has 0 saturated heterocycles. The van der Waals surface area contributed by atoms with Crippen LogP contribution in [0.3, 0.4) is 0 Å². The monoisotopic (exact) mass is 476 g/mol. The Bertz CT molecular complexity index is 1080. The summed E-state index contributed by atoms with van der Waals surface area (Å²) in [6, 6.07) is 8.19. The first-order chi connectivity index (χ1) is 15.0. The van der Waals surface area contributed by atoms with Crippen LogP contribution in [-0.4, -0.2) is 40.7 Å². The van der Waals surface area contributed by atoms with Crippen molar-refractivity contribution in [2.75, 3.05) is 6.61 Å². The topological polar surface area (TPSA) is 87.0 Å². The summed E-state index contributed by atoms with van der Waals surface area (Å²) in [6.45, 7) is 1.91. The minimum Gasteiger partial charge on any atom is -0.486 e. The molecule has 0 aliphatic carbocycles. The minimum absolute atomic E-state index is 0.215. The van der Waals surface area contributed by atoms with E-state index in [1.54, 1.807) is 24.3 Å². The van der Waals surface area contributed by atoms with Crippen molar-refractivity contribution < 1.29 is 35.1 Å². The maximum absolute atomic E-state index is 12.9. The molecule has 0 N–H and O–H groups in total. The third kappa shape index (κ3) is 6.90. The maximum Gasteiger partial charge on any atom is 0.453 e. The number of alkyl halides is 5. The SMILES string of the molecule is CCc1cc(-n2cnc(C(F)(F)F)n2)ccc1-c1ccc(OCC(C)(F)F)cn1.O=S=O. The van der Waals surface area contributed by atoms with E-state index in [1.807, 2.05) is 6.92 Å². The van der Waals surface area contributed by atoms with Gasteiger partial charge in [0.25, 0.3) is 11.7 Å². The lowest BCUT2D eigenvalue weighted by Crippen LogP contribution is -2.20. The lowest BCUT2D eigenvalue weighted by molar-refractivity contribution is -0.144. The molecule has 0 fully saturated rings. The molecule has 0 aliphatic rings. The highest BCUT2D eigenvalue weighted by molar-refractivity contribution is 7.51. The first-order valence-corrected chi connectivity index (χ1v) is 9.66. The molecule has 13 heteroatoms. The first kappa shape index (κ1) is 25.0. The summed E-state index contributed by atoms with van der Waals surface area (Å²) in [4.78, 5) is 7.54. The number of nitrogens with zero attached hydrogens (tertiary/aromatic N) is 4. The quantitative estimate of drug-likeness (QED) is 0.494. The number of rotatable bonds is 6. The van der Waals surface area contributed by atoms with E-state index in [9.17, 15) is 22.0 Å². The lowest BCUT2D eigenvalue weighted by atomic mass is 10.0. The summed E-state index contributed by atoms with van der Waals surface area (Å²) < 4.78 is 86.5. The smallest absolute Gasteiger partial charge is 0.453 e. The van der Waals surface area contributed by atoms with E-state index in [-0.39, 0.29) is 5.75 Å². The number of hydrogen-bond donors (Lipinski definition) is 0. The van der Waals surface area contributed by atoms with E-state index < -0.39 is 36.1 Å². The summed E-state index contributed by atoms with van der Waals surface area (Å²) in [7, 11) is 0. The van der Waals surface area contributed by atoms with Crippen LogP contribution >= 0.6 is 0 Å². The van der Waals surface area contributed by atoms with Gasteiger partial charge in [-0.2, -0.15) is 21.6 Å². The Hall–Kier alpha value is -3.22. The van der Waals surface area contributed by atoms with E-state index >= 15 is 0 Å². The average Bonchev–Trinajstić information content (AvgIpc) is 3.23. The summed E-state index contributed by atoms with van der Waals surface area (Å²) >= 11 is -0.750. The summed E-state index contributed by atoms with van der Waals surface area (Å²) in [5.41, 5.74) is 2.60. The number of pyridine rings is 1. The molecule has 0 saturated carbocycles. The van der Waals surface area contributed by atoms with E-state index in [0.29, 0.717) is 17.8 Å². The van der Waals surface area contributed by atoms with Gasteiger partial charge in [-0.3, -0.25) is 4.98 Å². The van der Waals surface area contributed by atoms with Crippen molar-refractivity contribution in [2.45, 2.75) is 32.4 Å². The molecule has 3 aromatic rings. The molecule has 0 atom stereocenters. The van der Waals surface area contributed by atoms with Crippen LogP contribution in [0.4, 0.5) is 22.0 Å². The normalized spacial score (nSPS) is 11.5. The van der Waals surface area contributed by atoms with Crippen LogP contribution in [0, 0.1) is 0 Å². The fourth-order valence-corrected chi connectivity index (χ4v) is 2.62. The highest BCUT2D eigenvalue weighted by Gasteiger charge is 2.35. The standard InChI is InChI=1S/C19H17F5N4O.O2S/c1-3-12-8-13(28-11-26-17(27-28)19(22,23)24)4-6-15(12)16-7-5-14(9-25-16)29-10-18(2,20)21;1-3-2/h4-9,11H,3,10H2,1-2H3;. The molecule has 0 radical (unpaired) electrons. The average molecular weight is 476 g/mol. The minimum atomic E-state index is -4.62. The van der Waals surface area contributed by atoms with Crippen LogP contribution < -0.4 is 4.74 Å². The predicted molar refractivity (Wildman–Crippen MR) is 104 cm³/mol. The number of ether oxygens (including phenoxy) is 1. The summed E-state index contributed by atoms with van der Waals surface area (Å²) in [5, 5.41) is 3.47. The molecule has 3 rings (SSSR count). The molecule has 7 nitrogen and oxygen atoms in total. The second-order valence-corrected chi connectivity index (χ2v) is 6.65. The Morgan fingerprint density at radius 2 is 1.75 bits per heavy atom. The highest BCUT2D eigenvalue weighted by atomic mass is 32.1. The van der Waals surface area contributed by atoms with Gasteiger partial charge in [-0.25, -0.2) is 18.4 Å². The zero-order valence-electron chi connectivity index (χ0n) is 16.8. The van der Waals surface area contributed by atoms with Crippen molar-refractivity contribution >= 4 is 11.6 Å². The van der Waals surface area contributed by atoms with E-state index in [1.165, 1.54) is 12.3 Å². The van der Waals surface area contributed by atoms with Crippen LogP contribution in [0.15, 0.2) is 42.9 Å². The molecule has 32 heavy (non-hydrogen) atoms. The van der Waals surface area contributed by atoms with Gasteiger partial charge in [0.2, 0.25) is 0 Å². The number of benzene rings is 1. The van der Waals surface area contributed by atoms with Gasteiger partial charge in [-0.1, -0.05) is 13.0 Å². The third-order valence-corrected chi connectivity index (χ3v) is 3.98. The Balaban J connectivity index is 0.00000114. The maximum atomic E-state index is 12.9. The molecule has 0 amide bonds. The molecule has 0 bridgehead atoms. The summed E-state index contributed by atoms with van der Waals surface area (Å²) in [5.74, 6) is -3.95. The first-order valence-electron chi connectivity index (χ1n) is 8.99. The van der Waals surface area contributed by atoms with E-state index in [0.717, 1.165) is 29.1 Å². The van der Waals surface area contributed by atoms with Crippen molar-refractivity contribution in [3.63, 3.8) is 0 Å². The van der Waals surface area contributed by atoms with Gasteiger partial charge in [0.1, 0.15) is 12.1 Å². The molecular formula is C19H17F5N4O3S. The number of aryl methyl sites for hydroxylation is 1. The molecule has 172 valence electrons. The molecule has 0 spiro atoms. The summed E-state index contributed by atoms with van der Waals surface area (Å²) in [6.07, 6.45) is -1.67. The number of aromatic nitrogens is 4. The Kier molecular flexibility index (Phi) is 8.14. The Morgan fingerprint density at radius 1 is 1.06 bits per heavy atom. The van der Waals surface area contributed by atoms with Crippen molar-refractivity contribution in [3.8, 4) is 22.7 Å². The zero-order chi connectivity index (χ0) is 23.9. The van der Waals surface area contributed by atoms with Gasteiger partial charge in [0.05, 0.1) is 17.6 Å². The zero-order valence-corrected chi connectivity index (χ0v) is 17.6. The van der Waals surface area contributed by atoms with Crippen LogP contribution in [0.25, 0.3) is 16.9 Å². The Morgan fingerprint density at radius 3 is 2.25 bits per heavy atom. The van der Waals surface area contributed by atoms with E-state index in [2.05, 4.69) is 15.1 Å². The van der Waals surface area contributed by atoms with Crippen molar-refractivity contribution in [2.24, 2.45) is 0 Å². The van der Waals surface area contributed by atoms with Crippen LogP contribution in [-0.2, 0) is 24.2 Å². The van der Waals surface area contributed by atoms with Crippen LogP contribution in [0.5, 0.6) is 5.75 Å². The highest BCUT2D eigenvalue weighted by Crippen LogP contribution is 2.28. The van der Waals surface area contributed by atoms with Crippen molar-refractivity contribution in [3.05, 3.63) is 54.2 Å². The van der Waals surface area contributed by atoms with Gasteiger partial charge >= 0.3 is 17.7 Å². The fraction of sp³-hybridized carbons (Fsp3) is 0.316. The van der Waals surface area contributed by atoms with Gasteiger partial charge in [-0.15, -0.1) is 5.10 Å². The van der Waals surface area contributed by atoms with E-state index in [4.69, 9.17) is 13.2 Å². The van der Waals surface area contributed by atoms with Crippen molar-refractivity contribution in [1.29, 1.82) is 0 Å². The largest absolute Gasteiger partial charge is 0.486 e. The number of halogens is 5. The predicted octanol–water partition coefficient (Wildman–Crippen LogP) is 4.27. The molecule has 1 aromatic carbocycles. The fourth-order valence-electron chi connectivity index (χ4n) is 2.62. The van der Waals surface area contributed by atoms with Crippen LogP contribution in [0.1, 0.15) is 25.2 Å². The van der Waals surface area contributed by atoms with Gasteiger partial charge in [-0.05, 0) is 36.2 Å². The van der Waals surface area contributed by atoms with Crippen LogP contribution in [0.2, 0.25) is 0 Å². The molecule has 2 heterocycles. The second kappa shape index (κ2) is 10.4. The molecule has 2 aromatic heterocycles.